The van der Waals surface area contributed by atoms with Crippen molar-refractivity contribution in [2.45, 2.75) is 13.0 Å². The summed E-state index contributed by atoms with van der Waals surface area (Å²) in [6, 6.07) is 9.38. The summed E-state index contributed by atoms with van der Waals surface area (Å²) >= 11 is 6.42. The van der Waals surface area contributed by atoms with Gasteiger partial charge in [0.05, 0.1) is 24.5 Å². The number of piperazine rings is 1. The highest BCUT2D eigenvalue weighted by atomic mass is 35.5. The Balaban J connectivity index is 1.59. The average molecular weight is 487 g/mol. The van der Waals surface area contributed by atoms with E-state index in [2.05, 4.69) is 10.2 Å². The minimum Gasteiger partial charge on any atom is -0.463 e. The average Bonchev–Trinajstić information content (AvgIpc) is 3.37. The molecular weight excluding hydrogens is 460 g/mol. The maximum absolute atomic E-state index is 13.1. The molecule has 2 aliphatic rings. The molecule has 3 heterocycles. The van der Waals surface area contributed by atoms with Crippen LogP contribution >= 0.6 is 11.6 Å². The summed E-state index contributed by atoms with van der Waals surface area (Å²) in [5.41, 5.74) is 1.53. The number of urea groups is 1. The largest absolute Gasteiger partial charge is 0.463 e. The predicted octanol–water partition coefficient (Wildman–Crippen LogP) is 2.90. The number of rotatable bonds is 6. The van der Waals surface area contributed by atoms with Crippen molar-refractivity contribution in [3.05, 3.63) is 70.3 Å². The van der Waals surface area contributed by atoms with Gasteiger partial charge in [0.15, 0.2) is 5.76 Å². The second-order valence-corrected chi connectivity index (χ2v) is 8.50. The number of carbonyl (C=O) groups is 3. The lowest BCUT2D eigenvalue weighted by molar-refractivity contribution is -0.139. The van der Waals surface area contributed by atoms with Gasteiger partial charge in [-0.3, -0.25) is 14.6 Å². The van der Waals surface area contributed by atoms with E-state index < -0.39 is 12.0 Å². The number of nitrogens with one attached hydrogen (secondary N) is 1. The van der Waals surface area contributed by atoms with Gasteiger partial charge in [0, 0.05) is 50.5 Å². The Kier molecular flexibility index (Phi) is 7.23. The molecule has 9 nitrogen and oxygen atoms in total. The van der Waals surface area contributed by atoms with Gasteiger partial charge in [0.25, 0.3) is 5.91 Å². The van der Waals surface area contributed by atoms with E-state index >= 15 is 0 Å². The maximum atomic E-state index is 13.1. The molecule has 3 amide bonds. The molecular formula is C24H27ClN4O5. The first kappa shape index (κ1) is 23.8. The van der Waals surface area contributed by atoms with Crippen molar-refractivity contribution in [1.82, 2.24) is 20.0 Å². The van der Waals surface area contributed by atoms with Crippen molar-refractivity contribution in [1.29, 1.82) is 0 Å². The van der Waals surface area contributed by atoms with Crippen molar-refractivity contribution in [3.63, 3.8) is 0 Å². The van der Waals surface area contributed by atoms with Crippen LogP contribution in [0.25, 0.3) is 0 Å². The topological polar surface area (TPSA) is 95.3 Å². The van der Waals surface area contributed by atoms with Gasteiger partial charge in [0.1, 0.15) is 0 Å². The van der Waals surface area contributed by atoms with Crippen molar-refractivity contribution in [2.24, 2.45) is 0 Å². The minimum absolute atomic E-state index is 0.149. The number of nitrogens with zero attached hydrogens (tertiary/aromatic N) is 3. The molecule has 0 saturated carbocycles. The smallest absolute Gasteiger partial charge is 0.338 e. The Morgan fingerprint density at radius 3 is 2.53 bits per heavy atom. The van der Waals surface area contributed by atoms with Gasteiger partial charge in [-0.05, 0) is 30.7 Å². The zero-order chi connectivity index (χ0) is 24.2. The number of benzene rings is 1. The van der Waals surface area contributed by atoms with E-state index in [1.807, 2.05) is 6.07 Å². The molecule has 1 atom stereocenters. The van der Waals surface area contributed by atoms with Crippen molar-refractivity contribution < 1.29 is 23.5 Å². The van der Waals surface area contributed by atoms with E-state index in [0.29, 0.717) is 60.3 Å². The Bertz CT molecular complexity index is 1090. The minimum atomic E-state index is -0.728. The molecule has 180 valence electrons. The van der Waals surface area contributed by atoms with Crippen LogP contribution in [0.2, 0.25) is 5.02 Å². The highest BCUT2D eigenvalue weighted by molar-refractivity contribution is 6.31. The number of ether oxygens (including phenoxy) is 1. The van der Waals surface area contributed by atoms with Crippen LogP contribution < -0.4 is 5.32 Å². The Morgan fingerprint density at radius 2 is 1.88 bits per heavy atom. The number of hydrogen-bond donors (Lipinski definition) is 1. The Morgan fingerprint density at radius 1 is 1.15 bits per heavy atom. The molecule has 0 spiro atoms. The molecule has 2 aliphatic heterocycles. The summed E-state index contributed by atoms with van der Waals surface area (Å²) in [5.74, 6) is -0.336. The molecule has 4 rings (SSSR count). The summed E-state index contributed by atoms with van der Waals surface area (Å²) in [7, 11) is 1.63. The second-order valence-electron chi connectivity index (χ2n) is 8.09. The molecule has 1 aromatic carbocycles. The normalized spacial score (nSPS) is 19.3. The maximum Gasteiger partial charge on any atom is 0.338 e. The highest BCUT2D eigenvalue weighted by Crippen LogP contribution is 2.34. The Hall–Kier alpha value is -3.30. The van der Waals surface area contributed by atoms with Crippen LogP contribution in [0, 0.1) is 0 Å². The zero-order valence-electron chi connectivity index (χ0n) is 19.1. The van der Waals surface area contributed by atoms with Gasteiger partial charge in [0.2, 0.25) is 0 Å². The molecule has 0 bridgehead atoms. The molecule has 1 aromatic heterocycles. The monoisotopic (exact) mass is 486 g/mol. The number of esters is 1. The fraction of sp³-hybridized carbons (Fsp3) is 0.375. The molecule has 1 saturated heterocycles. The summed E-state index contributed by atoms with van der Waals surface area (Å²) in [6.45, 7) is 4.47. The fourth-order valence-corrected chi connectivity index (χ4v) is 4.46. The first-order valence-corrected chi connectivity index (χ1v) is 11.5. The second kappa shape index (κ2) is 10.3. The third kappa shape index (κ3) is 4.80. The van der Waals surface area contributed by atoms with Crippen LogP contribution in [0.5, 0.6) is 0 Å². The summed E-state index contributed by atoms with van der Waals surface area (Å²) in [6.07, 6.45) is 1.48. The third-order valence-corrected chi connectivity index (χ3v) is 6.40. The lowest BCUT2D eigenvalue weighted by Gasteiger charge is -2.39. The van der Waals surface area contributed by atoms with Crippen LogP contribution in [0.3, 0.4) is 0 Å². The number of likely N-dealkylation sites (N-methyl/N-ethyl adjacent to an activating group) is 1. The SMILES string of the molecule is CCOC(=O)C1=C(CN2CCN(C(=O)c3ccco3)CC2)N(C)C(=O)NC1c1ccccc1Cl. The van der Waals surface area contributed by atoms with E-state index in [4.69, 9.17) is 20.8 Å². The molecule has 2 aromatic rings. The third-order valence-electron chi connectivity index (χ3n) is 6.05. The number of carbonyl (C=O) groups excluding carboxylic acids is 3. The van der Waals surface area contributed by atoms with Crippen LogP contribution in [0.1, 0.15) is 29.1 Å². The van der Waals surface area contributed by atoms with Crippen LogP contribution in [0.4, 0.5) is 4.79 Å². The van der Waals surface area contributed by atoms with Gasteiger partial charge >= 0.3 is 12.0 Å². The van der Waals surface area contributed by atoms with Crippen LogP contribution in [-0.4, -0.2) is 79.0 Å². The first-order valence-electron chi connectivity index (χ1n) is 11.1. The van der Waals surface area contributed by atoms with Crippen molar-refractivity contribution >= 4 is 29.5 Å². The van der Waals surface area contributed by atoms with Crippen LogP contribution in [0.15, 0.2) is 58.3 Å². The van der Waals surface area contributed by atoms with E-state index in [1.165, 1.54) is 11.2 Å². The summed E-state index contributed by atoms with van der Waals surface area (Å²) in [4.78, 5) is 43.8. The Labute approximate surface area is 202 Å². The van der Waals surface area contributed by atoms with Gasteiger partial charge in [-0.15, -0.1) is 0 Å². The molecule has 0 radical (unpaired) electrons. The molecule has 0 aliphatic carbocycles. The standard InChI is InChI=1S/C24H27ClN4O5/c1-3-33-23(31)20-18(27(2)24(32)26-21(20)16-7-4-5-8-17(16)25)15-28-10-12-29(13-11-28)22(30)19-9-6-14-34-19/h4-9,14,21H,3,10-13,15H2,1-2H3,(H,26,32). The molecule has 1 N–H and O–H groups in total. The van der Waals surface area contributed by atoms with Crippen LogP contribution in [-0.2, 0) is 9.53 Å². The van der Waals surface area contributed by atoms with E-state index in [1.54, 1.807) is 49.2 Å². The summed E-state index contributed by atoms with van der Waals surface area (Å²) in [5, 5.41) is 3.33. The van der Waals surface area contributed by atoms with Crippen molar-refractivity contribution in [3.8, 4) is 0 Å². The van der Waals surface area contributed by atoms with Crippen molar-refractivity contribution in [2.75, 3.05) is 46.4 Å². The van der Waals surface area contributed by atoms with E-state index in [0.717, 1.165) is 0 Å². The first-order chi connectivity index (χ1) is 16.4. The number of halogens is 1. The van der Waals surface area contributed by atoms with E-state index in [-0.39, 0.29) is 18.5 Å². The summed E-state index contributed by atoms with van der Waals surface area (Å²) < 4.78 is 10.6. The highest BCUT2D eigenvalue weighted by Gasteiger charge is 2.38. The zero-order valence-corrected chi connectivity index (χ0v) is 19.9. The van der Waals surface area contributed by atoms with E-state index in [9.17, 15) is 14.4 Å². The van der Waals surface area contributed by atoms with Gasteiger partial charge < -0.3 is 19.4 Å². The predicted molar refractivity (Wildman–Crippen MR) is 125 cm³/mol. The number of hydrogen-bond acceptors (Lipinski definition) is 6. The molecule has 1 unspecified atom stereocenters. The number of amides is 3. The van der Waals surface area contributed by atoms with Gasteiger partial charge in [-0.1, -0.05) is 29.8 Å². The van der Waals surface area contributed by atoms with Gasteiger partial charge in [-0.2, -0.15) is 0 Å². The fourth-order valence-electron chi connectivity index (χ4n) is 4.22. The lowest BCUT2D eigenvalue weighted by Crippen LogP contribution is -2.53. The molecule has 34 heavy (non-hydrogen) atoms. The number of furan rings is 1. The quantitative estimate of drug-likeness (QED) is 0.631. The van der Waals surface area contributed by atoms with Gasteiger partial charge in [-0.25, -0.2) is 9.59 Å². The molecule has 10 heteroatoms. The molecule has 1 fully saturated rings. The lowest BCUT2D eigenvalue weighted by atomic mass is 9.94.